The Morgan fingerprint density at radius 1 is 1.03 bits per heavy atom. The van der Waals surface area contributed by atoms with Gasteiger partial charge in [-0.25, -0.2) is 25.9 Å². The molecule has 10 heteroatoms. The van der Waals surface area contributed by atoms with E-state index in [1.165, 1.54) is 24.3 Å². The standard InChI is InChI=1S/C23H29N3O5S2/c1-18-11-14-25(15-12-18)22(19-5-3-2-4-6-19)17-24-33(30,31)21-9-7-20(8-10-21)26-23(27)13-16-32(26,28)29/h2-10,18,22,24H,11-17H2,1H3/t22-/m0/s1. The predicted octanol–water partition coefficient (Wildman–Crippen LogP) is 2.50. The Hall–Kier alpha value is -2.27. The van der Waals surface area contributed by atoms with E-state index in [2.05, 4.69) is 16.5 Å². The normalized spacial score (nSPS) is 20.8. The summed E-state index contributed by atoms with van der Waals surface area (Å²) in [7, 11) is -7.52. The number of amides is 1. The van der Waals surface area contributed by atoms with Crippen molar-refractivity contribution in [1.82, 2.24) is 9.62 Å². The van der Waals surface area contributed by atoms with Crippen LogP contribution in [0.1, 0.15) is 37.8 Å². The van der Waals surface area contributed by atoms with Crippen LogP contribution in [-0.2, 0) is 24.8 Å². The largest absolute Gasteiger partial charge is 0.295 e. The summed E-state index contributed by atoms with van der Waals surface area (Å²) in [5, 5.41) is 0. The molecule has 2 heterocycles. The third kappa shape index (κ3) is 5.29. The first-order chi connectivity index (χ1) is 15.7. The van der Waals surface area contributed by atoms with Gasteiger partial charge in [0.1, 0.15) is 0 Å². The second kappa shape index (κ2) is 9.54. The molecule has 178 valence electrons. The van der Waals surface area contributed by atoms with Crippen molar-refractivity contribution in [3.63, 3.8) is 0 Å². The highest BCUT2D eigenvalue weighted by atomic mass is 32.2. The number of sulfonamides is 2. The number of piperidine rings is 1. The van der Waals surface area contributed by atoms with Gasteiger partial charge in [0.15, 0.2) is 0 Å². The molecule has 2 aliphatic heterocycles. The number of anilines is 1. The topological polar surface area (TPSA) is 104 Å². The number of carbonyl (C=O) groups is 1. The van der Waals surface area contributed by atoms with E-state index >= 15 is 0 Å². The van der Waals surface area contributed by atoms with E-state index in [-0.39, 0.29) is 35.3 Å². The van der Waals surface area contributed by atoms with E-state index in [9.17, 15) is 21.6 Å². The number of likely N-dealkylation sites (tertiary alicyclic amines) is 1. The van der Waals surface area contributed by atoms with E-state index in [4.69, 9.17) is 0 Å². The number of nitrogens with one attached hydrogen (secondary N) is 1. The van der Waals surface area contributed by atoms with Gasteiger partial charge in [-0.05, 0) is 61.7 Å². The van der Waals surface area contributed by atoms with Gasteiger partial charge in [-0.2, -0.15) is 0 Å². The van der Waals surface area contributed by atoms with Crippen LogP contribution in [0.4, 0.5) is 5.69 Å². The van der Waals surface area contributed by atoms with Gasteiger partial charge in [-0.15, -0.1) is 0 Å². The van der Waals surface area contributed by atoms with Gasteiger partial charge in [-0.3, -0.25) is 9.69 Å². The summed E-state index contributed by atoms with van der Waals surface area (Å²) in [6.45, 7) is 4.29. The maximum absolute atomic E-state index is 13.0. The Morgan fingerprint density at radius 2 is 1.67 bits per heavy atom. The van der Waals surface area contributed by atoms with Gasteiger partial charge < -0.3 is 0 Å². The summed E-state index contributed by atoms with van der Waals surface area (Å²) >= 11 is 0. The third-order valence-corrected chi connectivity index (χ3v) is 9.50. The number of nitrogens with zero attached hydrogens (tertiary/aromatic N) is 2. The number of rotatable bonds is 7. The van der Waals surface area contributed by atoms with Crippen LogP contribution in [-0.4, -0.2) is 53.0 Å². The van der Waals surface area contributed by atoms with Crippen molar-refractivity contribution in [1.29, 1.82) is 0 Å². The molecule has 2 aliphatic rings. The monoisotopic (exact) mass is 491 g/mol. The number of hydrogen-bond acceptors (Lipinski definition) is 6. The van der Waals surface area contributed by atoms with E-state index in [0.717, 1.165) is 35.8 Å². The smallest absolute Gasteiger partial charge is 0.242 e. The van der Waals surface area contributed by atoms with E-state index in [1.807, 2.05) is 30.3 Å². The van der Waals surface area contributed by atoms with Crippen LogP contribution >= 0.6 is 0 Å². The summed E-state index contributed by atoms with van der Waals surface area (Å²) in [5.74, 6) is -0.0756. The lowest BCUT2D eigenvalue weighted by Crippen LogP contribution is -2.41. The molecule has 1 atom stereocenters. The molecule has 0 aliphatic carbocycles. The molecule has 2 fully saturated rings. The molecule has 0 aromatic heterocycles. The molecular weight excluding hydrogens is 462 g/mol. The summed E-state index contributed by atoms with van der Waals surface area (Å²) in [4.78, 5) is 14.3. The second-order valence-corrected chi connectivity index (χ2v) is 12.4. The van der Waals surface area contributed by atoms with Gasteiger partial charge in [0.25, 0.3) is 0 Å². The van der Waals surface area contributed by atoms with Crippen LogP contribution in [0.5, 0.6) is 0 Å². The zero-order valence-corrected chi connectivity index (χ0v) is 20.2. The lowest BCUT2D eigenvalue weighted by Gasteiger charge is -2.37. The van der Waals surface area contributed by atoms with Crippen LogP contribution in [0.25, 0.3) is 0 Å². The van der Waals surface area contributed by atoms with Gasteiger partial charge in [0, 0.05) is 19.0 Å². The third-order valence-electron chi connectivity index (χ3n) is 6.37. The van der Waals surface area contributed by atoms with Crippen LogP contribution in [0, 0.1) is 5.92 Å². The molecule has 2 aromatic rings. The van der Waals surface area contributed by atoms with Crippen molar-refractivity contribution in [2.75, 3.05) is 29.7 Å². The lowest BCUT2D eigenvalue weighted by molar-refractivity contribution is -0.116. The first-order valence-corrected chi connectivity index (χ1v) is 14.2. The maximum atomic E-state index is 13.0. The number of carbonyl (C=O) groups excluding carboxylic acids is 1. The Bertz CT molecular complexity index is 1190. The maximum Gasteiger partial charge on any atom is 0.242 e. The second-order valence-electron chi connectivity index (χ2n) is 8.71. The average molecular weight is 492 g/mol. The minimum atomic E-state index is -3.82. The molecule has 2 saturated heterocycles. The minimum Gasteiger partial charge on any atom is -0.295 e. The van der Waals surface area contributed by atoms with Crippen LogP contribution < -0.4 is 9.03 Å². The SMILES string of the molecule is CC1CCN([C@@H](CNS(=O)(=O)c2ccc(N3C(=O)CCS3(=O)=O)cc2)c2ccccc2)CC1. The molecule has 8 nitrogen and oxygen atoms in total. The fourth-order valence-corrected chi connectivity index (χ4v) is 6.87. The van der Waals surface area contributed by atoms with Crippen molar-refractivity contribution in [3.05, 3.63) is 60.2 Å². The Balaban J connectivity index is 1.50. The van der Waals surface area contributed by atoms with Gasteiger partial charge in [0.05, 0.1) is 16.3 Å². The van der Waals surface area contributed by atoms with Gasteiger partial charge in [0.2, 0.25) is 26.0 Å². The average Bonchev–Trinajstić information content (AvgIpc) is 3.08. The van der Waals surface area contributed by atoms with Gasteiger partial charge >= 0.3 is 0 Å². The molecule has 0 unspecified atom stereocenters. The molecule has 0 saturated carbocycles. The molecule has 0 spiro atoms. The van der Waals surface area contributed by atoms with Crippen molar-refractivity contribution in [3.8, 4) is 0 Å². The first-order valence-electron chi connectivity index (χ1n) is 11.1. The molecule has 4 rings (SSSR count). The molecule has 0 bridgehead atoms. The van der Waals surface area contributed by atoms with Crippen molar-refractivity contribution >= 4 is 31.6 Å². The molecule has 0 radical (unpaired) electrons. The Kier molecular flexibility index (Phi) is 6.90. The quantitative estimate of drug-likeness (QED) is 0.638. The molecule has 1 amide bonds. The summed E-state index contributed by atoms with van der Waals surface area (Å²) in [5.41, 5.74) is 1.21. The van der Waals surface area contributed by atoms with E-state index in [0.29, 0.717) is 5.92 Å². The molecular formula is C23H29N3O5S2. The highest BCUT2D eigenvalue weighted by Crippen LogP contribution is 2.28. The zero-order chi connectivity index (χ0) is 23.6. The first kappa shape index (κ1) is 23.9. The Labute approximate surface area is 195 Å². The fraction of sp³-hybridized carbons (Fsp3) is 0.435. The predicted molar refractivity (Wildman–Crippen MR) is 127 cm³/mol. The highest BCUT2D eigenvalue weighted by molar-refractivity contribution is 7.94. The van der Waals surface area contributed by atoms with Crippen molar-refractivity contribution in [2.45, 2.75) is 37.1 Å². The highest BCUT2D eigenvalue weighted by Gasteiger charge is 2.36. The minimum absolute atomic E-state index is 0.0226. The molecule has 33 heavy (non-hydrogen) atoms. The number of benzene rings is 2. The van der Waals surface area contributed by atoms with Crippen molar-refractivity contribution < 1.29 is 21.6 Å². The van der Waals surface area contributed by atoms with Crippen LogP contribution in [0.2, 0.25) is 0 Å². The van der Waals surface area contributed by atoms with Crippen LogP contribution in [0.3, 0.4) is 0 Å². The molecule has 1 N–H and O–H groups in total. The zero-order valence-electron chi connectivity index (χ0n) is 18.6. The van der Waals surface area contributed by atoms with E-state index < -0.39 is 26.0 Å². The fourth-order valence-electron chi connectivity index (χ4n) is 4.37. The summed E-state index contributed by atoms with van der Waals surface area (Å²) < 4.78 is 53.7. The van der Waals surface area contributed by atoms with Crippen molar-refractivity contribution in [2.24, 2.45) is 5.92 Å². The number of hydrogen-bond donors (Lipinski definition) is 1. The van der Waals surface area contributed by atoms with E-state index in [1.54, 1.807) is 0 Å². The van der Waals surface area contributed by atoms with Gasteiger partial charge in [-0.1, -0.05) is 37.3 Å². The summed E-state index contributed by atoms with van der Waals surface area (Å²) in [6.07, 6.45) is 2.09. The summed E-state index contributed by atoms with van der Waals surface area (Å²) in [6, 6.07) is 15.2. The lowest BCUT2D eigenvalue weighted by atomic mass is 9.96. The molecule has 2 aromatic carbocycles. The Morgan fingerprint density at radius 3 is 2.24 bits per heavy atom. The van der Waals surface area contributed by atoms with Crippen LogP contribution in [0.15, 0.2) is 59.5 Å².